The van der Waals surface area contributed by atoms with Gasteiger partial charge in [0.25, 0.3) is 0 Å². The molecular weight excluding hydrogens is 305 g/mol. The van der Waals surface area contributed by atoms with Crippen LogP contribution in [0.3, 0.4) is 0 Å². The molecule has 1 amide bonds. The Labute approximate surface area is 142 Å². The lowest BCUT2D eigenvalue weighted by Crippen LogP contribution is -2.30. The first-order chi connectivity index (χ1) is 11.7. The van der Waals surface area contributed by atoms with Crippen LogP contribution >= 0.6 is 0 Å². The second-order valence-corrected chi connectivity index (χ2v) is 6.06. The van der Waals surface area contributed by atoms with Gasteiger partial charge in [-0.3, -0.25) is 4.79 Å². The molecule has 1 heterocycles. The summed E-state index contributed by atoms with van der Waals surface area (Å²) in [7, 11) is 0. The second-order valence-electron chi connectivity index (χ2n) is 6.06. The molecule has 1 aliphatic heterocycles. The van der Waals surface area contributed by atoms with Gasteiger partial charge in [-0.25, -0.2) is 4.39 Å². The lowest BCUT2D eigenvalue weighted by atomic mass is 10.0. The van der Waals surface area contributed by atoms with Gasteiger partial charge in [-0.05, 0) is 49.1 Å². The maximum absolute atomic E-state index is 13.1. The second kappa shape index (κ2) is 7.95. The van der Waals surface area contributed by atoms with Crippen molar-refractivity contribution in [3.05, 3.63) is 66.0 Å². The first-order valence-corrected chi connectivity index (χ1v) is 8.47. The van der Waals surface area contributed by atoms with Crippen LogP contribution < -0.4 is 4.74 Å². The number of ether oxygens (including phenoxy) is 1. The van der Waals surface area contributed by atoms with Crippen LogP contribution in [-0.2, 0) is 4.79 Å². The van der Waals surface area contributed by atoms with Crippen LogP contribution in [0.25, 0.3) is 0 Å². The molecule has 1 atom stereocenters. The predicted octanol–water partition coefficient (Wildman–Crippen LogP) is 4.35. The van der Waals surface area contributed by atoms with Crippen molar-refractivity contribution in [2.45, 2.75) is 31.7 Å². The fourth-order valence-corrected chi connectivity index (χ4v) is 3.17. The van der Waals surface area contributed by atoms with Gasteiger partial charge in [0.05, 0.1) is 12.6 Å². The highest BCUT2D eigenvalue weighted by molar-refractivity contribution is 5.77. The predicted molar refractivity (Wildman–Crippen MR) is 91.3 cm³/mol. The number of carbonyl (C=O) groups is 1. The number of halogens is 1. The van der Waals surface area contributed by atoms with Gasteiger partial charge in [0, 0.05) is 13.0 Å². The summed E-state index contributed by atoms with van der Waals surface area (Å²) in [5.74, 6) is 0.737. The van der Waals surface area contributed by atoms with Crippen molar-refractivity contribution >= 4 is 5.91 Å². The van der Waals surface area contributed by atoms with Crippen molar-refractivity contribution in [3.8, 4) is 5.75 Å². The molecule has 0 aliphatic carbocycles. The molecule has 1 fully saturated rings. The van der Waals surface area contributed by atoms with Crippen LogP contribution in [0.15, 0.2) is 54.6 Å². The van der Waals surface area contributed by atoms with E-state index in [0.29, 0.717) is 19.4 Å². The molecule has 126 valence electrons. The van der Waals surface area contributed by atoms with E-state index in [4.69, 9.17) is 4.74 Å². The summed E-state index contributed by atoms with van der Waals surface area (Å²) in [5, 5.41) is 0. The van der Waals surface area contributed by atoms with E-state index in [9.17, 15) is 9.18 Å². The van der Waals surface area contributed by atoms with Crippen LogP contribution in [0, 0.1) is 5.82 Å². The minimum atomic E-state index is -0.243. The van der Waals surface area contributed by atoms with E-state index in [1.807, 2.05) is 35.2 Å². The molecule has 0 N–H and O–H groups in total. The Bertz CT molecular complexity index is 657. The lowest BCUT2D eigenvalue weighted by molar-refractivity contribution is -0.132. The number of benzene rings is 2. The molecule has 0 aromatic heterocycles. The quantitative estimate of drug-likeness (QED) is 0.738. The number of nitrogens with zero attached hydrogens (tertiary/aromatic N) is 1. The van der Waals surface area contributed by atoms with E-state index < -0.39 is 0 Å². The molecule has 3 rings (SSSR count). The number of hydrogen-bond acceptors (Lipinski definition) is 2. The lowest BCUT2D eigenvalue weighted by Gasteiger charge is -2.25. The molecule has 2 aromatic rings. The minimum absolute atomic E-state index is 0.0770. The van der Waals surface area contributed by atoms with E-state index in [1.165, 1.54) is 12.1 Å². The van der Waals surface area contributed by atoms with Gasteiger partial charge >= 0.3 is 0 Å². The number of carbonyl (C=O) groups excluding carboxylic acids is 1. The van der Waals surface area contributed by atoms with Gasteiger partial charge in [0.2, 0.25) is 5.91 Å². The molecule has 0 bridgehead atoms. The van der Waals surface area contributed by atoms with Crippen molar-refractivity contribution in [1.82, 2.24) is 4.90 Å². The number of rotatable bonds is 6. The van der Waals surface area contributed by atoms with Crippen LogP contribution in [0.5, 0.6) is 5.75 Å². The molecule has 1 unspecified atom stereocenters. The molecule has 0 saturated carbocycles. The average molecular weight is 327 g/mol. The normalized spacial score (nSPS) is 17.0. The van der Waals surface area contributed by atoms with E-state index in [0.717, 1.165) is 30.7 Å². The number of para-hydroxylation sites is 1. The van der Waals surface area contributed by atoms with Crippen molar-refractivity contribution in [2.75, 3.05) is 13.2 Å². The summed E-state index contributed by atoms with van der Waals surface area (Å²) < 4.78 is 18.7. The Kier molecular flexibility index (Phi) is 5.47. The van der Waals surface area contributed by atoms with E-state index in [-0.39, 0.29) is 17.8 Å². The fourth-order valence-electron chi connectivity index (χ4n) is 3.17. The zero-order chi connectivity index (χ0) is 16.8. The third-order valence-corrected chi connectivity index (χ3v) is 4.37. The summed E-state index contributed by atoms with van der Waals surface area (Å²) in [5.41, 5.74) is 1.02. The first kappa shape index (κ1) is 16.5. The zero-order valence-corrected chi connectivity index (χ0v) is 13.7. The fraction of sp³-hybridized carbons (Fsp3) is 0.350. The Hall–Kier alpha value is -2.36. The molecule has 1 aliphatic rings. The summed E-state index contributed by atoms with van der Waals surface area (Å²) in [6.07, 6.45) is 3.11. The highest BCUT2D eigenvalue weighted by atomic mass is 19.1. The van der Waals surface area contributed by atoms with Gasteiger partial charge in [-0.15, -0.1) is 0 Å². The molecule has 2 aromatic carbocycles. The summed E-state index contributed by atoms with van der Waals surface area (Å²) in [4.78, 5) is 14.4. The van der Waals surface area contributed by atoms with Gasteiger partial charge in [-0.1, -0.05) is 30.3 Å². The molecule has 3 nitrogen and oxygen atoms in total. The largest absolute Gasteiger partial charge is 0.494 e. The molecule has 0 radical (unpaired) electrons. The summed E-state index contributed by atoms with van der Waals surface area (Å²) in [6, 6.07) is 16.2. The van der Waals surface area contributed by atoms with Crippen molar-refractivity contribution in [3.63, 3.8) is 0 Å². The molecule has 24 heavy (non-hydrogen) atoms. The molecule has 0 spiro atoms. The summed E-state index contributed by atoms with van der Waals surface area (Å²) >= 11 is 0. The third kappa shape index (κ3) is 4.13. The van der Waals surface area contributed by atoms with Gasteiger partial charge in [-0.2, -0.15) is 0 Å². The monoisotopic (exact) mass is 327 g/mol. The van der Waals surface area contributed by atoms with Crippen LogP contribution in [0.1, 0.15) is 37.3 Å². The Balaban J connectivity index is 1.49. The van der Waals surface area contributed by atoms with E-state index in [1.54, 1.807) is 12.1 Å². The Morgan fingerprint density at radius 1 is 1.12 bits per heavy atom. The topological polar surface area (TPSA) is 29.5 Å². The van der Waals surface area contributed by atoms with Crippen molar-refractivity contribution < 1.29 is 13.9 Å². The van der Waals surface area contributed by atoms with Gasteiger partial charge in [0.1, 0.15) is 11.6 Å². The highest BCUT2D eigenvalue weighted by Gasteiger charge is 2.29. The smallest absolute Gasteiger partial charge is 0.223 e. The highest BCUT2D eigenvalue weighted by Crippen LogP contribution is 2.32. The van der Waals surface area contributed by atoms with Crippen LogP contribution in [0.2, 0.25) is 0 Å². The Morgan fingerprint density at radius 3 is 2.62 bits per heavy atom. The SMILES string of the molecule is O=C(CCCOc1ccccc1)N1CCCC1c1ccc(F)cc1. The van der Waals surface area contributed by atoms with Crippen molar-refractivity contribution in [2.24, 2.45) is 0 Å². The van der Waals surface area contributed by atoms with Crippen LogP contribution in [0.4, 0.5) is 4.39 Å². The van der Waals surface area contributed by atoms with E-state index >= 15 is 0 Å². The summed E-state index contributed by atoms with van der Waals surface area (Å²) in [6.45, 7) is 1.31. The third-order valence-electron chi connectivity index (χ3n) is 4.37. The standard InChI is InChI=1S/C20H22FNO2/c21-17-12-10-16(11-13-17)19-8-4-14-22(19)20(23)9-5-15-24-18-6-2-1-3-7-18/h1-3,6-7,10-13,19H,4-5,8-9,14-15H2. The Morgan fingerprint density at radius 2 is 1.88 bits per heavy atom. The number of hydrogen-bond donors (Lipinski definition) is 0. The molecular formula is C20H22FNO2. The average Bonchev–Trinajstić information content (AvgIpc) is 3.10. The molecule has 4 heteroatoms. The maximum Gasteiger partial charge on any atom is 0.223 e. The van der Waals surface area contributed by atoms with E-state index in [2.05, 4.69) is 0 Å². The maximum atomic E-state index is 13.1. The van der Waals surface area contributed by atoms with Gasteiger partial charge in [0.15, 0.2) is 0 Å². The van der Waals surface area contributed by atoms with Crippen LogP contribution in [-0.4, -0.2) is 24.0 Å². The van der Waals surface area contributed by atoms with Gasteiger partial charge < -0.3 is 9.64 Å². The van der Waals surface area contributed by atoms with Crippen molar-refractivity contribution in [1.29, 1.82) is 0 Å². The first-order valence-electron chi connectivity index (χ1n) is 8.47. The number of likely N-dealkylation sites (tertiary alicyclic amines) is 1. The molecule has 1 saturated heterocycles. The zero-order valence-electron chi connectivity index (χ0n) is 13.7. The number of amides is 1. The minimum Gasteiger partial charge on any atom is -0.494 e.